The molecule has 1 N–H and O–H groups in total. The van der Waals surface area contributed by atoms with Gasteiger partial charge in [0.15, 0.2) is 0 Å². The average molecular weight is 289 g/mol. The Bertz CT molecular complexity index is 843. The second-order valence-electron chi connectivity index (χ2n) is 4.75. The third kappa shape index (κ3) is 2.45. The van der Waals surface area contributed by atoms with Crippen LogP contribution in [0.25, 0.3) is 11.6 Å². The van der Waals surface area contributed by atoms with E-state index in [4.69, 9.17) is 0 Å². The van der Waals surface area contributed by atoms with Crippen molar-refractivity contribution >= 4 is 23.0 Å². The molecule has 0 aromatic heterocycles. The van der Waals surface area contributed by atoms with Gasteiger partial charge in [-0.3, -0.25) is 10.1 Å². The summed E-state index contributed by atoms with van der Waals surface area (Å²) in [5.74, 6) is 0. The normalized spacial score (nSPS) is 14.5. The van der Waals surface area contributed by atoms with Crippen LogP contribution >= 0.6 is 0 Å². The summed E-state index contributed by atoms with van der Waals surface area (Å²) in [6, 6.07) is 15.9. The zero-order valence-electron chi connectivity index (χ0n) is 11.5. The Balaban J connectivity index is 2.02. The Morgan fingerprint density at radius 2 is 1.82 bits per heavy atom. The molecule has 5 nitrogen and oxygen atoms in total. The largest absolute Gasteiger partial charge is 0.354 e. The van der Waals surface area contributed by atoms with Crippen molar-refractivity contribution in [2.24, 2.45) is 0 Å². The van der Waals surface area contributed by atoms with Gasteiger partial charge < -0.3 is 5.32 Å². The summed E-state index contributed by atoms with van der Waals surface area (Å²) in [7, 11) is 0. The summed E-state index contributed by atoms with van der Waals surface area (Å²) in [5.41, 5.74) is 3.74. The van der Waals surface area contributed by atoms with Crippen molar-refractivity contribution in [3.63, 3.8) is 0 Å². The van der Waals surface area contributed by atoms with Gasteiger partial charge in [0.2, 0.25) is 0 Å². The number of nitrogens with one attached hydrogen (secondary N) is 1. The van der Waals surface area contributed by atoms with Crippen LogP contribution in [0.4, 0.5) is 11.4 Å². The van der Waals surface area contributed by atoms with Crippen molar-refractivity contribution in [1.29, 1.82) is 5.26 Å². The minimum Gasteiger partial charge on any atom is -0.354 e. The van der Waals surface area contributed by atoms with Gasteiger partial charge >= 0.3 is 0 Å². The standard InChI is InChI=1S/C17H11N3O2/c18-11-15(12-5-8-14(9-6-12)20(21)22)17-10-7-13-3-1-2-4-16(13)19-17/h1-10,19H/b17-15+. The van der Waals surface area contributed by atoms with Gasteiger partial charge in [0.1, 0.15) is 6.07 Å². The number of nitrogens with zero attached hydrogens (tertiary/aromatic N) is 2. The number of nitro benzene ring substituents is 1. The monoisotopic (exact) mass is 289 g/mol. The smallest absolute Gasteiger partial charge is 0.269 e. The molecule has 3 rings (SSSR count). The minimum absolute atomic E-state index is 0.00327. The highest BCUT2D eigenvalue weighted by Crippen LogP contribution is 2.29. The van der Waals surface area contributed by atoms with Crippen LogP contribution in [-0.4, -0.2) is 4.92 Å². The van der Waals surface area contributed by atoms with Crippen molar-refractivity contribution < 1.29 is 4.92 Å². The molecule has 0 spiro atoms. The van der Waals surface area contributed by atoms with E-state index in [1.807, 2.05) is 36.4 Å². The van der Waals surface area contributed by atoms with Gasteiger partial charge in [-0.2, -0.15) is 5.26 Å². The second-order valence-corrected chi connectivity index (χ2v) is 4.75. The number of para-hydroxylation sites is 1. The van der Waals surface area contributed by atoms with E-state index >= 15 is 0 Å². The van der Waals surface area contributed by atoms with Gasteiger partial charge in [0.25, 0.3) is 5.69 Å². The molecule has 0 aliphatic carbocycles. The topological polar surface area (TPSA) is 79.0 Å². The molecular weight excluding hydrogens is 278 g/mol. The van der Waals surface area contributed by atoms with Crippen molar-refractivity contribution in [1.82, 2.24) is 0 Å². The molecule has 0 atom stereocenters. The quantitative estimate of drug-likeness (QED) is 0.515. The summed E-state index contributed by atoms with van der Waals surface area (Å²) in [6.07, 6.45) is 3.77. The summed E-state index contributed by atoms with van der Waals surface area (Å²) < 4.78 is 0. The number of fused-ring (bicyclic) bond motifs is 1. The number of benzene rings is 2. The van der Waals surface area contributed by atoms with Crippen LogP contribution in [0.2, 0.25) is 0 Å². The summed E-state index contributed by atoms with van der Waals surface area (Å²) in [4.78, 5) is 10.2. The number of hydrogen-bond acceptors (Lipinski definition) is 4. The molecule has 0 saturated heterocycles. The molecule has 0 amide bonds. The predicted octanol–water partition coefficient (Wildman–Crippen LogP) is 3.97. The number of allylic oxidation sites excluding steroid dienone is 2. The van der Waals surface area contributed by atoms with E-state index in [2.05, 4.69) is 11.4 Å². The first-order valence-electron chi connectivity index (χ1n) is 6.62. The van der Waals surface area contributed by atoms with Crippen molar-refractivity contribution in [2.75, 3.05) is 5.32 Å². The Hall–Kier alpha value is -3.39. The van der Waals surface area contributed by atoms with Crippen LogP contribution in [-0.2, 0) is 0 Å². The predicted molar refractivity (Wildman–Crippen MR) is 84.7 cm³/mol. The summed E-state index contributed by atoms with van der Waals surface area (Å²) in [5, 5.41) is 23.4. The highest BCUT2D eigenvalue weighted by molar-refractivity contribution is 5.88. The third-order valence-electron chi connectivity index (χ3n) is 3.41. The molecule has 1 aliphatic heterocycles. The maximum Gasteiger partial charge on any atom is 0.269 e. The Morgan fingerprint density at radius 3 is 2.50 bits per heavy atom. The maximum atomic E-state index is 10.7. The number of nitriles is 1. The maximum absolute atomic E-state index is 10.7. The SMILES string of the molecule is N#C/C(=C1/C=Cc2ccccc2N1)c1ccc([N+](=O)[O-])cc1. The van der Waals surface area contributed by atoms with Crippen LogP contribution in [0, 0.1) is 21.4 Å². The van der Waals surface area contributed by atoms with Gasteiger partial charge in [-0.15, -0.1) is 0 Å². The van der Waals surface area contributed by atoms with Crippen LogP contribution in [0.1, 0.15) is 11.1 Å². The van der Waals surface area contributed by atoms with Crippen LogP contribution in [0.3, 0.4) is 0 Å². The van der Waals surface area contributed by atoms with E-state index < -0.39 is 4.92 Å². The zero-order chi connectivity index (χ0) is 15.5. The molecule has 2 aromatic rings. The highest BCUT2D eigenvalue weighted by Gasteiger charge is 2.13. The van der Waals surface area contributed by atoms with E-state index in [-0.39, 0.29) is 5.69 Å². The fraction of sp³-hybridized carbons (Fsp3) is 0. The van der Waals surface area contributed by atoms with E-state index in [0.29, 0.717) is 16.8 Å². The number of nitro groups is 1. The van der Waals surface area contributed by atoms with E-state index in [0.717, 1.165) is 11.3 Å². The van der Waals surface area contributed by atoms with Crippen LogP contribution in [0.15, 0.2) is 60.3 Å². The van der Waals surface area contributed by atoms with E-state index in [9.17, 15) is 15.4 Å². The Morgan fingerprint density at radius 1 is 1.09 bits per heavy atom. The molecule has 2 aromatic carbocycles. The summed E-state index contributed by atoms with van der Waals surface area (Å²) >= 11 is 0. The van der Waals surface area contributed by atoms with E-state index in [1.165, 1.54) is 12.1 Å². The Labute approximate surface area is 127 Å². The van der Waals surface area contributed by atoms with Crippen LogP contribution in [0.5, 0.6) is 0 Å². The average Bonchev–Trinajstić information content (AvgIpc) is 2.56. The first kappa shape index (κ1) is 13.6. The molecule has 0 radical (unpaired) electrons. The molecule has 0 saturated carbocycles. The number of anilines is 1. The van der Waals surface area contributed by atoms with Gasteiger partial charge in [-0.05, 0) is 35.4 Å². The molecule has 0 fully saturated rings. The minimum atomic E-state index is -0.460. The van der Waals surface area contributed by atoms with Gasteiger partial charge in [0.05, 0.1) is 16.2 Å². The number of non-ortho nitro benzene ring substituents is 1. The molecule has 22 heavy (non-hydrogen) atoms. The lowest BCUT2D eigenvalue weighted by molar-refractivity contribution is -0.384. The first-order valence-corrected chi connectivity index (χ1v) is 6.62. The fourth-order valence-corrected chi connectivity index (χ4v) is 2.29. The lowest BCUT2D eigenvalue weighted by Gasteiger charge is -2.17. The van der Waals surface area contributed by atoms with Gasteiger partial charge in [-0.1, -0.05) is 24.3 Å². The van der Waals surface area contributed by atoms with Crippen molar-refractivity contribution in [2.45, 2.75) is 0 Å². The molecular formula is C17H11N3O2. The van der Waals surface area contributed by atoms with Crippen molar-refractivity contribution in [3.05, 3.63) is 81.5 Å². The third-order valence-corrected chi connectivity index (χ3v) is 3.41. The lowest BCUT2D eigenvalue weighted by Crippen LogP contribution is -2.05. The lowest BCUT2D eigenvalue weighted by atomic mass is 10.0. The van der Waals surface area contributed by atoms with E-state index in [1.54, 1.807) is 12.1 Å². The first-order chi connectivity index (χ1) is 10.7. The fourth-order valence-electron chi connectivity index (χ4n) is 2.29. The molecule has 1 heterocycles. The van der Waals surface area contributed by atoms with Gasteiger partial charge in [0, 0.05) is 17.8 Å². The molecule has 0 bridgehead atoms. The molecule has 1 aliphatic rings. The van der Waals surface area contributed by atoms with Crippen molar-refractivity contribution in [3.8, 4) is 6.07 Å². The number of rotatable bonds is 2. The molecule has 5 heteroatoms. The second kappa shape index (κ2) is 5.54. The highest BCUT2D eigenvalue weighted by atomic mass is 16.6. The number of hydrogen-bond donors (Lipinski definition) is 1. The van der Waals surface area contributed by atoms with Crippen LogP contribution < -0.4 is 5.32 Å². The molecule has 0 unspecified atom stereocenters. The summed E-state index contributed by atoms with van der Waals surface area (Å²) in [6.45, 7) is 0. The van der Waals surface area contributed by atoms with Gasteiger partial charge in [-0.25, -0.2) is 0 Å². The molecule has 106 valence electrons. The Kier molecular flexibility index (Phi) is 3.42. The zero-order valence-corrected chi connectivity index (χ0v) is 11.5.